The monoisotopic (exact) mass is 287 g/mol. The van der Waals surface area contributed by atoms with E-state index in [2.05, 4.69) is 5.32 Å². The molecule has 88 valence electrons. The molecule has 0 aliphatic heterocycles. The summed E-state index contributed by atoms with van der Waals surface area (Å²) in [6.07, 6.45) is 0.935. The Morgan fingerprint density at radius 3 is 2.31 bits per heavy atom. The number of carbonyl (C=O) groups excluding carboxylic acids is 1. The van der Waals surface area contributed by atoms with Crippen molar-refractivity contribution >= 4 is 24.4 Å². The maximum atomic E-state index is 11.0. The van der Waals surface area contributed by atoms with E-state index >= 15 is 0 Å². The summed E-state index contributed by atoms with van der Waals surface area (Å²) in [5.41, 5.74) is 0.885. The van der Waals surface area contributed by atoms with Gasteiger partial charge in [0.25, 0.3) is 0 Å². The van der Waals surface area contributed by atoms with Gasteiger partial charge in [-0.25, -0.2) is 0 Å². The van der Waals surface area contributed by atoms with Crippen molar-refractivity contribution in [2.24, 2.45) is 0 Å². The van der Waals surface area contributed by atoms with Gasteiger partial charge in [0.05, 0.1) is 0 Å². The zero-order chi connectivity index (χ0) is 12.2. The van der Waals surface area contributed by atoms with Crippen molar-refractivity contribution in [2.75, 3.05) is 7.05 Å². The van der Waals surface area contributed by atoms with Crippen LogP contribution in [0.4, 0.5) is 0 Å². The molecule has 1 aromatic rings. The fourth-order valence-electron chi connectivity index (χ4n) is 1.24. The number of aryl methyl sites for hydroxylation is 1. The van der Waals surface area contributed by atoms with E-state index in [0.29, 0.717) is 12.8 Å². The van der Waals surface area contributed by atoms with Crippen molar-refractivity contribution in [1.29, 1.82) is 0 Å². The molecule has 0 aromatic heterocycles. The predicted molar refractivity (Wildman–Crippen MR) is 59.3 cm³/mol. The molecule has 0 atom stereocenters. The molecule has 0 bridgehead atoms. The number of amides is 1. The molecule has 0 unspecified atom stereocenters. The van der Waals surface area contributed by atoms with Gasteiger partial charge in [0.15, 0.2) is 0 Å². The maximum absolute atomic E-state index is 11.0. The van der Waals surface area contributed by atoms with Crippen molar-refractivity contribution in [3.63, 3.8) is 0 Å². The molecule has 0 saturated carbocycles. The van der Waals surface area contributed by atoms with Crippen LogP contribution < -0.4 is 9.67 Å². The third-order valence-electron chi connectivity index (χ3n) is 2.19. The summed E-state index contributed by atoms with van der Waals surface area (Å²) in [6.45, 7) is 0. The number of hydrogen-bond acceptors (Lipinski definition) is 2. The molecule has 5 nitrogen and oxygen atoms in total. The molecule has 1 aromatic carbocycles. The van der Waals surface area contributed by atoms with Crippen molar-refractivity contribution in [2.45, 2.75) is 12.8 Å². The van der Waals surface area contributed by atoms with Gasteiger partial charge in [0, 0.05) is 0 Å². The molecule has 3 N–H and O–H groups in total. The summed E-state index contributed by atoms with van der Waals surface area (Å²) >= 11 is -4.77. The predicted octanol–water partition coefficient (Wildman–Crippen LogP) is -1.07. The average Bonchev–Trinajstić information content (AvgIpc) is 2.25. The van der Waals surface area contributed by atoms with Gasteiger partial charge in [0.2, 0.25) is 0 Å². The first-order chi connectivity index (χ1) is 7.43. The minimum atomic E-state index is -4.77. The molecule has 1 rings (SSSR count). The van der Waals surface area contributed by atoms with Crippen molar-refractivity contribution in [1.82, 2.24) is 5.32 Å². The first-order valence-corrected chi connectivity index (χ1v) is 8.17. The van der Waals surface area contributed by atoms with Crippen molar-refractivity contribution < 1.29 is 16.7 Å². The summed E-state index contributed by atoms with van der Waals surface area (Å²) < 4.78 is 28.9. The van der Waals surface area contributed by atoms with Gasteiger partial charge in [-0.15, -0.1) is 0 Å². The number of hydrogen-bond donors (Lipinski definition) is 3. The fraction of sp³-hybridized carbons (Fsp3) is 0.300. The van der Waals surface area contributed by atoms with Gasteiger partial charge in [-0.05, 0) is 0 Å². The Labute approximate surface area is 96.5 Å². The molecule has 0 saturated heterocycles. The van der Waals surface area contributed by atoms with Gasteiger partial charge in [-0.3, -0.25) is 0 Å². The van der Waals surface area contributed by atoms with E-state index in [-0.39, 0.29) is 10.3 Å². The molecule has 0 radical (unpaired) electrons. The second-order valence-electron chi connectivity index (χ2n) is 3.38. The molecule has 0 fully saturated rings. The second-order valence-corrected chi connectivity index (χ2v) is 6.75. The zero-order valence-electron chi connectivity index (χ0n) is 8.88. The number of benzene rings is 1. The van der Waals surface area contributed by atoms with Crippen LogP contribution in [-0.4, -0.2) is 35.3 Å². The van der Waals surface area contributed by atoms with Gasteiger partial charge in [0.1, 0.15) is 0 Å². The van der Waals surface area contributed by atoms with Gasteiger partial charge < -0.3 is 0 Å². The minimum absolute atomic E-state index is 0.0526. The number of rotatable bonds is 4. The molecule has 0 aliphatic rings. The molecule has 6 heteroatoms. The topological polar surface area (TPSA) is 86.6 Å². The van der Waals surface area contributed by atoms with Crippen molar-refractivity contribution in [3.05, 3.63) is 29.8 Å². The van der Waals surface area contributed by atoms with E-state index in [1.807, 2.05) is 0 Å². The fourth-order valence-corrected chi connectivity index (χ4v) is 2.37. The first kappa shape index (κ1) is 13.0. The molecule has 0 spiro atoms. The molecule has 1 amide bonds. The Morgan fingerprint density at radius 2 is 1.88 bits per heavy atom. The Hall–Kier alpha value is -1.03. The van der Waals surface area contributed by atoms with Crippen LogP contribution in [-0.2, 0) is 15.0 Å². The average molecular weight is 287 g/mol. The van der Waals surface area contributed by atoms with Crippen molar-refractivity contribution in [3.8, 4) is 0 Å². The Morgan fingerprint density at radius 1 is 1.31 bits per heavy atom. The molecular weight excluding hydrogens is 273 g/mol. The van der Waals surface area contributed by atoms with Crippen LogP contribution in [0.2, 0.25) is 0 Å². The van der Waals surface area contributed by atoms with Crippen LogP contribution in [0.1, 0.15) is 12.0 Å². The van der Waals surface area contributed by atoms with E-state index in [9.17, 15) is 8.53 Å². The van der Waals surface area contributed by atoms with Crippen LogP contribution in [0.3, 0.4) is 0 Å². The molecular formula is C10H14AsNO4. The standard InChI is InChI=1S/C10H14AsNO4/c1-12-10(13)7-4-8-2-5-9(6-3-8)11(14,15)16/h2-3,5-6H,4,7H2,1H3,(H,12,13)(H2,14,15,16). The van der Waals surface area contributed by atoms with E-state index in [1.165, 1.54) is 12.1 Å². The van der Waals surface area contributed by atoms with Crippen LogP contribution in [0.5, 0.6) is 0 Å². The number of carbonyl (C=O) groups is 1. The Kier molecular flexibility index (Phi) is 4.35. The summed E-state index contributed by atoms with van der Waals surface area (Å²) in [5.74, 6) is -0.0526. The summed E-state index contributed by atoms with van der Waals surface area (Å²) in [7, 11) is 1.57. The number of nitrogens with one attached hydrogen (secondary N) is 1. The third-order valence-corrected chi connectivity index (χ3v) is 4.23. The third kappa shape index (κ3) is 3.85. The van der Waals surface area contributed by atoms with Crippen LogP contribution in [0, 0.1) is 0 Å². The van der Waals surface area contributed by atoms with E-state index < -0.39 is 14.2 Å². The molecule has 16 heavy (non-hydrogen) atoms. The first-order valence-electron chi connectivity index (χ1n) is 4.79. The molecule has 0 aliphatic carbocycles. The van der Waals surface area contributed by atoms with E-state index in [0.717, 1.165) is 5.56 Å². The zero-order valence-corrected chi connectivity index (χ0v) is 10.8. The van der Waals surface area contributed by atoms with Crippen LogP contribution >= 0.6 is 0 Å². The van der Waals surface area contributed by atoms with Gasteiger partial charge >= 0.3 is 96.2 Å². The van der Waals surface area contributed by atoms with Crippen LogP contribution in [0.25, 0.3) is 0 Å². The van der Waals surface area contributed by atoms with E-state index in [4.69, 9.17) is 8.19 Å². The quantitative estimate of drug-likeness (QED) is 0.615. The van der Waals surface area contributed by atoms with E-state index in [1.54, 1.807) is 19.2 Å². The summed E-state index contributed by atoms with van der Waals surface area (Å²) in [6, 6.07) is 6.11. The van der Waals surface area contributed by atoms with Crippen LogP contribution in [0.15, 0.2) is 24.3 Å². The summed E-state index contributed by atoms with van der Waals surface area (Å²) in [4.78, 5) is 11.0. The SMILES string of the molecule is CNC(=O)CCc1ccc([As](=O)(O)O)cc1. The summed E-state index contributed by atoms with van der Waals surface area (Å²) in [5, 5.41) is 2.51. The Balaban J connectivity index is 2.65. The Bertz CT molecular complexity index is 409. The van der Waals surface area contributed by atoms with Gasteiger partial charge in [-0.2, -0.15) is 0 Å². The second kappa shape index (κ2) is 5.34. The normalized spacial score (nSPS) is 11.2. The molecule has 0 heterocycles. The van der Waals surface area contributed by atoms with Gasteiger partial charge in [-0.1, -0.05) is 0 Å².